The molecule has 0 heterocycles. The van der Waals surface area contributed by atoms with Gasteiger partial charge in [-0.15, -0.1) is 0 Å². The molecule has 1 aromatic carbocycles. The monoisotopic (exact) mass is 315 g/mol. The average molecular weight is 315 g/mol. The van der Waals surface area contributed by atoms with Crippen molar-refractivity contribution in [2.75, 3.05) is 13.4 Å². The topological polar surface area (TPSA) is 55.4 Å². The minimum absolute atomic E-state index is 0.115. The standard InChI is InChI=1S/C15H22FNO3S/c1-20-14-8-3-5-11(15(14)16)10-17-12-6-4-7-13(9-12)21(2,18)19/h3,5,8,12-13,17H,4,6-7,9-10H2,1-2H3. The molecule has 0 saturated heterocycles. The van der Waals surface area contributed by atoms with Crippen molar-refractivity contribution in [3.05, 3.63) is 29.6 Å². The first-order valence-corrected chi connectivity index (χ1v) is 9.11. The predicted octanol–water partition coefficient (Wildman–Crippen LogP) is 2.28. The lowest BCUT2D eigenvalue weighted by atomic mass is 9.95. The van der Waals surface area contributed by atoms with Crippen LogP contribution in [0.1, 0.15) is 31.2 Å². The maximum Gasteiger partial charge on any atom is 0.169 e. The molecule has 2 rings (SSSR count). The maximum atomic E-state index is 14.0. The van der Waals surface area contributed by atoms with Gasteiger partial charge in [0.25, 0.3) is 0 Å². The molecule has 1 aliphatic carbocycles. The summed E-state index contributed by atoms with van der Waals surface area (Å²) in [6, 6.07) is 5.16. The zero-order chi connectivity index (χ0) is 15.5. The third kappa shape index (κ3) is 4.17. The Morgan fingerprint density at radius 3 is 2.81 bits per heavy atom. The molecule has 1 fully saturated rings. The van der Waals surface area contributed by atoms with Gasteiger partial charge in [-0.2, -0.15) is 0 Å². The van der Waals surface area contributed by atoms with Gasteiger partial charge in [-0.05, 0) is 25.3 Å². The largest absolute Gasteiger partial charge is 0.494 e. The highest BCUT2D eigenvalue weighted by Gasteiger charge is 2.28. The van der Waals surface area contributed by atoms with E-state index in [0.29, 0.717) is 18.5 Å². The van der Waals surface area contributed by atoms with Gasteiger partial charge >= 0.3 is 0 Å². The molecular formula is C15H22FNO3S. The smallest absolute Gasteiger partial charge is 0.169 e. The summed E-state index contributed by atoms with van der Waals surface area (Å²) in [5.74, 6) is -0.130. The van der Waals surface area contributed by atoms with Gasteiger partial charge in [0, 0.05) is 24.4 Å². The number of methoxy groups -OCH3 is 1. The van der Waals surface area contributed by atoms with Gasteiger partial charge in [0.2, 0.25) is 0 Å². The minimum atomic E-state index is -2.99. The van der Waals surface area contributed by atoms with Gasteiger partial charge in [-0.25, -0.2) is 12.8 Å². The van der Waals surface area contributed by atoms with Crippen molar-refractivity contribution in [3.63, 3.8) is 0 Å². The molecule has 0 radical (unpaired) electrons. The molecular weight excluding hydrogens is 293 g/mol. The molecule has 4 nitrogen and oxygen atoms in total. The summed E-state index contributed by atoms with van der Waals surface area (Å²) < 4.78 is 42.3. The molecule has 0 aromatic heterocycles. The van der Waals surface area contributed by atoms with Gasteiger partial charge in [-0.1, -0.05) is 18.6 Å². The van der Waals surface area contributed by atoms with Crippen LogP contribution in [0.5, 0.6) is 5.75 Å². The van der Waals surface area contributed by atoms with Crippen molar-refractivity contribution in [2.45, 2.75) is 43.5 Å². The van der Waals surface area contributed by atoms with Crippen LogP contribution in [0.2, 0.25) is 0 Å². The molecule has 21 heavy (non-hydrogen) atoms. The van der Waals surface area contributed by atoms with E-state index in [4.69, 9.17) is 4.74 Å². The van der Waals surface area contributed by atoms with Crippen LogP contribution >= 0.6 is 0 Å². The summed E-state index contributed by atoms with van der Waals surface area (Å²) in [6.07, 6.45) is 4.43. The van der Waals surface area contributed by atoms with E-state index in [1.807, 2.05) is 0 Å². The Kier molecular flexibility index (Phi) is 5.22. The number of ether oxygens (including phenoxy) is 1. The van der Waals surface area contributed by atoms with E-state index in [9.17, 15) is 12.8 Å². The van der Waals surface area contributed by atoms with Crippen LogP contribution in [0.15, 0.2) is 18.2 Å². The Bertz CT molecular complexity index is 589. The lowest BCUT2D eigenvalue weighted by Crippen LogP contribution is -2.38. The van der Waals surface area contributed by atoms with Crippen molar-refractivity contribution < 1.29 is 17.5 Å². The molecule has 1 aromatic rings. The summed E-state index contributed by atoms with van der Waals surface area (Å²) in [5.41, 5.74) is 0.538. The van der Waals surface area contributed by atoms with E-state index >= 15 is 0 Å². The number of hydrogen-bond donors (Lipinski definition) is 1. The number of benzene rings is 1. The van der Waals surface area contributed by atoms with Gasteiger partial charge in [0.05, 0.1) is 12.4 Å². The van der Waals surface area contributed by atoms with E-state index in [1.165, 1.54) is 13.4 Å². The molecule has 2 unspecified atom stereocenters. The lowest BCUT2D eigenvalue weighted by molar-refractivity contribution is 0.362. The molecule has 0 spiro atoms. The Morgan fingerprint density at radius 2 is 2.14 bits per heavy atom. The summed E-state index contributed by atoms with van der Waals surface area (Å²) >= 11 is 0. The van der Waals surface area contributed by atoms with Crippen molar-refractivity contribution in [3.8, 4) is 5.75 Å². The SMILES string of the molecule is COc1cccc(CNC2CCCC(S(C)(=O)=O)C2)c1F. The van der Waals surface area contributed by atoms with Gasteiger partial charge < -0.3 is 10.1 Å². The minimum Gasteiger partial charge on any atom is -0.494 e. The lowest BCUT2D eigenvalue weighted by Gasteiger charge is -2.28. The fraction of sp³-hybridized carbons (Fsp3) is 0.600. The third-order valence-electron chi connectivity index (χ3n) is 4.08. The van der Waals surface area contributed by atoms with Crippen molar-refractivity contribution in [1.29, 1.82) is 0 Å². The molecule has 6 heteroatoms. The van der Waals surface area contributed by atoms with Crippen LogP contribution < -0.4 is 10.1 Å². The highest BCUT2D eigenvalue weighted by Crippen LogP contribution is 2.25. The first-order valence-electron chi connectivity index (χ1n) is 7.15. The van der Waals surface area contributed by atoms with E-state index in [2.05, 4.69) is 5.32 Å². The van der Waals surface area contributed by atoms with Crippen molar-refractivity contribution in [2.24, 2.45) is 0 Å². The number of sulfone groups is 1. The van der Waals surface area contributed by atoms with Gasteiger partial charge in [0.15, 0.2) is 11.6 Å². The molecule has 0 aliphatic heterocycles. The van der Waals surface area contributed by atoms with Crippen molar-refractivity contribution >= 4 is 9.84 Å². The Hall–Kier alpha value is -1.14. The third-order valence-corrected chi connectivity index (χ3v) is 5.72. The first kappa shape index (κ1) is 16.2. The van der Waals surface area contributed by atoms with Crippen LogP contribution in [-0.2, 0) is 16.4 Å². The fourth-order valence-corrected chi connectivity index (χ4v) is 4.00. The number of rotatable bonds is 5. The Morgan fingerprint density at radius 1 is 1.38 bits per heavy atom. The molecule has 0 bridgehead atoms. The second-order valence-corrected chi connectivity index (χ2v) is 7.96. The zero-order valence-electron chi connectivity index (χ0n) is 12.4. The predicted molar refractivity (Wildman–Crippen MR) is 80.7 cm³/mol. The quantitative estimate of drug-likeness (QED) is 0.906. The normalized spacial score (nSPS) is 23.0. The summed E-state index contributed by atoms with van der Waals surface area (Å²) in [6.45, 7) is 0.379. The number of nitrogens with one attached hydrogen (secondary N) is 1. The zero-order valence-corrected chi connectivity index (χ0v) is 13.2. The van der Waals surface area contributed by atoms with Crippen LogP contribution in [0.3, 0.4) is 0 Å². The highest BCUT2D eigenvalue weighted by molar-refractivity contribution is 7.91. The second-order valence-electron chi connectivity index (χ2n) is 5.63. The van der Waals surface area contributed by atoms with Crippen LogP contribution in [0.25, 0.3) is 0 Å². The molecule has 1 saturated carbocycles. The highest BCUT2D eigenvalue weighted by atomic mass is 32.2. The number of hydrogen-bond acceptors (Lipinski definition) is 4. The van der Waals surface area contributed by atoms with E-state index in [0.717, 1.165) is 19.3 Å². The molecule has 2 atom stereocenters. The maximum absolute atomic E-state index is 14.0. The second kappa shape index (κ2) is 6.75. The molecule has 1 aliphatic rings. The van der Waals surface area contributed by atoms with Crippen LogP contribution in [0.4, 0.5) is 4.39 Å². The fourth-order valence-electron chi connectivity index (χ4n) is 2.82. The van der Waals surface area contributed by atoms with E-state index in [-0.39, 0.29) is 22.9 Å². The van der Waals surface area contributed by atoms with Gasteiger partial charge in [0.1, 0.15) is 9.84 Å². The Balaban J connectivity index is 1.97. The first-order chi connectivity index (χ1) is 9.91. The van der Waals surface area contributed by atoms with Crippen molar-refractivity contribution in [1.82, 2.24) is 5.32 Å². The van der Waals surface area contributed by atoms with Crippen LogP contribution in [-0.4, -0.2) is 33.1 Å². The number of halogens is 1. The van der Waals surface area contributed by atoms with Gasteiger partial charge in [-0.3, -0.25) is 0 Å². The Labute approximate surface area is 125 Å². The average Bonchev–Trinajstić information content (AvgIpc) is 2.45. The molecule has 118 valence electrons. The summed E-state index contributed by atoms with van der Waals surface area (Å²) in [5, 5.41) is 2.99. The summed E-state index contributed by atoms with van der Waals surface area (Å²) in [7, 11) is -1.56. The van der Waals surface area contributed by atoms with E-state index < -0.39 is 9.84 Å². The summed E-state index contributed by atoms with van der Waals surface area (Å²) in [4.78, 5) is 0. The molecule has 1 N–H and O–H groups in total. The van der Waals surface area contributed by atoms with Crippen LogP contribution in [0, 0.1) is 5.82 Å². The molecule has 0 amide bonds. The van der Waals surface area contributed by atoms with E-state index in [1.54, 1.807) is 18.2 Å².